The lowest BCUT2D eigenvalue weighted by atomic mass is 10.2. The smallest absolute Gasteiger partial charge is 0.282 e. The molecule has 0 N–H and O–H groups in total. The number of piperazine rings is 1. The van der Waals surface area contributed by atoms with Gasteiger partial charge in [0, 0.05) is 70.2 Å². The summed E-state index contributed by atoms with van der Waals surface area (Å²) in [5.41, 5.74) is 1.07. The molecule has 3 rings (SSSR count). The van der Waals surface area contributed by atoms with Crippen LogP contribution in [-0.2, 0) is 27.9 Å². The van der Waals surface area contributed by atoms with Crippen LogP contribution >= 0.6 is 0 Å². The minimum Gasteiger partial charge on any atom is -0.379 e. The Bertz CT molecular complexity index is 638. The van der Waals surface area contributed by atoms with Crippen molar-refractivity contribution in [1.82, 2.24) is 23.5 Å². The molecule has 0 bridgehead atoms. The summed E-state index contributed by atoms with van der Waals surface area (Å²) >= 11 is 0. The number of nitrogens with zero attached hydrogens (tertiary/aromatic N) is 5. The van der Waals surface area contributed by atoms with Crippen LogP contribution in [0.4, 0.5) is 0 Å². The van der Waals surface area contributed by atoms with Crippen molar-refractivity contribution in [2.75, 3.05) is 52.5 Å². The largest absolute Gasteiger partial charge is 0.379 e. The highest BCUT2D eigenvalue weighted by atomic mass is 32.2. The van der Waals surface area contributed by atoms with Crippen LogP contribution in [0.5, 0.6) is 0 Å². The number of aryl methyl sites for hydroxylation is 1. The normalized spacial score (nSPS) is 21.5. The molecule has 0 spiro atoms. The van der Waals surface area contributed by atoms with Crippen LogP contribution in [0.2, 0.25) is 0 Å². The Morgan fingerprint density at radius 3 is 2.20 bits per heavy atom. The molecule has 0 saturated carbocycles. The Hall–Kier alpha value is -1.13. The van der Waals surface area contributed by atoms with E-state index in [-0.39, 0.29) is 0 Å². The van der Waals surface area contributed by atoms with Gasteiger partial charge in [-0.05, 0) is 6.42 Å². The molecule has 2 fully saturated rings. The molecule has 0 radical (unpaired) electrons. The van der Waals surface area contributed by atoms with Crippen molar-refractivity contribution in [3.63, 3.8) is 0 Å². The summed E-state index contributed by atoms with van der Waals surface area (Å²) < 4.78 is 33.7. The van der Waals surface area contributed by atoms with Gasteiger partial charge in [0.1, 0.15) is 5.82 Å². The molecule has 2 aliphatic heterocycles. The van der Waals surface area contributed by atoms with E-state index in [1.165, 1.54) is 4.31 Å². The SMILES string of the molecule is CCCc1ncc(CN2CCN(S(=O)(=O)N3CCOCC3)CC2)cn1. The van der Waals surface area contributed by atoms with Crippen LogP contribution in [0.3, 0.4) is 0 Å². The molecule has 0 aliphatic carbocycles. The average molecular weight is 369 g/mol. The lowest BCUT2D eigenvalue weighted by Crippen LogP contribution is -2.54. The first-order valence-corrected chi connectivity index (χ1v) is 10.3. The summed E-state index contributed by atoms with van der Waals surface area (Å²) in [4.78, 5) is 11.0. The lowest BCUT2D eigenvalue weighted by molar-refractivity contribution is 0.0684. The highest BCUT2D eigenvalue weighted by Gasteiger charge is 2.33. The predicted octanol–water partition coefficient (Wildman–Crippen LogP) is 0.124. The number of morpholine rings is 1. The van der Waals surface area contributed by atoms with Gasteiger partial charge in [-0.3, -0.25) is 4.90 Å². The Kier molecular flexibility index (Phi) is 6.34. The zero-order chi connectivity index (χ0) is 17.7. The maximum Gasteiger partial charge on any atom is 0.282 e. The van der Waals surface area contributed by atoms with Crippen LogP contribution in [-0.4, -0.2) is 84.4 Å². The van der Waals surface area contributed by atoms with Crippen LogP contribution in [0, 0.1) is 0 Å². The zero-order valence-corrected chi connectivity index (χ0v) is 15.6. The topological polar surface area (TPSA) is 78.9 Å². The minimum atomic E-state index is -3.36. The van der Waals surface area contributed by atoms with E-state index in [0.717, 1.165) is 43.9 Å². The first kappa shape index (κ1) is 18.7. The maximum atomic E-state index is 12.7. The van der Waals surface area contributed by atoms with Gasteiger partial charge >= 0.3 is 0 Å². The lowest BCUT2D eigenvalue weighted by Gasteiger charge is -2.37. The number of hydrogen-bond acceptors (Lipinski definition) is 6. The van der Waals surface area contributed by atoms with Crippen molar-refractivity contribution in [3.05, 3.63) is 23.8 Å². The van der Waals surface area contributed by atoms with Gasteiger partial charge < -0.3 is 4.74 Å². The van der Waals surface area contributed by atoms with E-state index >= 15 is 0 Å². The minimum absolute atomic E-state index is 0.448. The van der Waals surface area contributed by atoms with Gasteiger partial charge in [-0.15, -0.1) is 0 Å². The van der Waals surface area contributed by atoms with Crippen molar-refractivity contribution in [3.8, 4) is 0 Å². The Labute approximate surface area is 150 Å². The van der Waals surface area contributed by atoms with E-state index < -0.39 is 10.2 Å². The van der Waals surface area contributed by atoms with E-state index in [0.29, 0.717) is 39.4 Å². The Balaban J connectivity index is 1.51. The summed E-state index contributed by atoms with van der Waals surface area (Å²) in [6, 6.07) is 0. The second-order valence-electron chi connectivity index (χ2n) is 6.45. The van der Waals surface area contributed by atoms with Gasteiger partial charge in [-0.25, -0.2) is 9.97 Å². The van der Waals surface area contributed by atoms with Gasteiger partial charge in [0.25, 0.3) is 10.2 Å². The average Bonchev–Trinajstić information content (AvgIpc) is 2.65. The predicted molar refractivity (Wildman–Crippen MR) is 94.2 cm³/mol. The van der Waals surface area contributed by atoms with Gasteiger partial charge in [0.2, 0.25) is 0 Å². The Morgan fingerprint density at radius 1 is 1.00 bits per heavy atom. The van der Waals surface area contributed by atoms with E-state index in [2.05, 4.69) is 21.8 Å². The Morgan fingerprint density at radius 2 is 1.60 bits per heavy atom. The van der Waals surface area contributed by atoms with Crippen LogP contribution < -0.4 is 0 Å². The number of aromatic nitrogens is 2. The molecule has 0 unspecified atom stereocenters. The molecule has 3 heterocycles. The highest BCUT2D eigenvalue weighted by molar-refractivity contribution is 7.86. The van der Waals surface area contributed by atoms with E-state index in [1.807, 2.05) is 12.4 Å². The van der Waals surface area contributed by atoms with Crippen molar-refractivity contribution < 1.29 is 13.2 Å². The first-order chi connectivity index (χ1) is 12.1. The van der Waals surface area contributed by atoms with Gasteiger partial charge in [0.15, 0.2) is 0 Å². The summed E-state index contributed by atoms with van der Waals surface area (Å²) in [5, 5.41) is 0. The zero-order valence-electron chi connectivity index (χ0n) is 14.8. The summed E-state index contributed by atoms with van der Waals surface area (Å²) in [6.07, 6.45) is 5.71. The second kappa shape index (κ2) is 8.50. The summed E-state index contributed by atoms with van der Waals surface area (Å²) in [6.45, 7) is 7.22. The fourth-order valence-electron chi connectivity index (χ4n) is 3.13. The molecule has 9 heteroatoms. The fraction of sp³-hybridized carbons (Fsp3) is 0.750. The molecular weight excluding hydrogens is 342 g/mol. The number of rotatable bonds is 6. The summed E-state index contributed by atoms with van der Waals surface area (Å²) in [7, 11) is -3.36. The quantitative estimate of drug-likeness (QED) is 0.709. The molecule has 0 aromatic carbocycles. The fourth-order valence-corrected chi connectivity index (χ4v) is 4.69. The van der Waals surface area contributed by atoms with Crippen LogP contribution in [0.1, 0.15) is 24.7 Å². The van der Waals surface area contributed by atoms with Crippen LogP contribution in [0.25, 0.3) is 0 Å². The van der Waals surface area contributed by atoms with Gasteiger partial charge in [-0.2, -0.15) is 17.0 Å². The van der Waals surface area contributed by atoms with Crippen molar-refractivity contribution in [2.45, 2.75) is 26.3 Å². The number of ether oxygens (including phenoxy) is 1. The highest BCUT2D eigenvalue weighted by Crippen LogP contribution is 2.15. The van der Waals surface area contributed by atoms with E-state index in [4.69, 9.17) is 4.74 Å². The molecule has 1 aromatic rings. The van der Waals surface area contributed by atoms with Crippen LogP contribution in [0.15, 0.2) is 12.4 Å². The molecule has 25 heavy (non-hydrogen) atoms. The molecule has 140 valence electrons. The van der Waals surface area contributed by atoms with E-state index in [1.54, 1.807) is 4.31 Å². The van der Waals surface area contributed by atoms with Crippen molar-refractivity contribution in [2.24, 2.45) is 0 Å². The second-order valence-corrected chi connectivity index (χ2v) is 8.38. The molecule has 0 amide bonds. The van der Waals surface area contributed by atoms with Crippen molar-refractivity contribution >= 4 is 10.2 Å². The molecule has 2 aliphatic rings. The standard InChI is InChI=1S/C16H27N5O3S/c1-2-3-16-17-12-15(13-18-16)14-19-4-6-20(7-5-19)25(22,23)21-8-10-24-11-9-21/h12-13H,2-11,14H2,1H3. The monoisotopic (exact) mass is 369 g/mol. The van der Waals surface area contributed by atoms with Gasteiger partial charge in [-0.1, -0.05) is 6.92 Å². The molecular formula is C16H27N5O3S. The third-order valence-electron chi connectivity index (χ3n) is 4.59. The molecule has 1 aromatic heterocycles. The maximum absolute atomic E-state index is 12.7. The third-order valence-corrected chi connectivity index (χ3v) is 6.63. The molecule has 2 saturated heterocycles. The number of hydrogen-bond donors (Lipinski definition) is 0. The molecule has 8 nitrogen and oxygen atoms in total. The molecule has 0 atom stereocenters. The van der Waals surface area contributed by atoms with E-state index in [9.17, 15) is 8.42 Å². The first-order valence-electron chi connectivity index (χ1n) is 8.94. The van der Waals surface area contributed by atoms with Crippen molar-refractivity contribution in [1.29, 1.82) is 0 Å². The third kappa shape index (κ3) is 4.73. The summed E-state index contributed by atoms with van der Waals surface area (Å²) in [5.74, 6) is 0.882. The van der Waals surface area contributed by atoms with Gasteiger partial charge in [0.05, 0.1) is 13.2 Å².